The summed E-state index contributed by atoms with van der Waals surface area (Å²) in [6.45, 7) is 5.55. The van der Waals surface area contributed by atoms with Crippen LogP contribution in [0.1, 0.15) is 22.5 Å². The zero-order valence-electron chi connectivity index (χ0n) is 14.3. The van der Waals surface area contributed by atoms with E-state index < -0.39 is 10.0 Å². The molecule has 1 heterocycles. The van der Waals surface area contributed by atoms with Crippen LogP contribution >= 0.6 is 0 Å². The van der Waals surface area contributed by atoms with Crippen molar-refractivity contribution in [3.63, 3.8) is 0 Å². The second kappa shape index (κ2) is 7.19. The molecule has 0 atom stereocenters. The van der Waals surface area contributed by atoms with Gasteiger partial charge in [-0.3, -0.25) is 4.79 Å². The van der Waals surface area contributed by atoms with Gasteiger partial charge in [-0.05, 0) is 44.0 Å². The number of anilines is 1. The molecule has 0 spiro atoms. The Kier molecular flexibility index (Phi) is 5.46. The summed E-state index contributed by atoms with van der Waals surface area (Å²) in [6, 6.07) is 7.29. The fourth-order valence-corrected chi connectivity index (χ4v) is 3.30. The zero-order valence-corrected chi connectivity index (χ0v) is 15.1. The predicted octanol–water partition coefficient (Wildman–Crippen LogP) is 2.61. The minimum atomic E-state index is -3.54. The van der Waals surface area contributed by atoms with Crippen molar-refractivity contribution in [2.45, 2.75) is 27.3 Å². The number of nitrogens with one attached hydrogen (secondary N) is 1. The predicted molar refractivity (Wildman–Crippen MR) is 93.2 cm³/mol. The van der Waals surface area contributed by atoms with E-state index >= 15 is 0 Å². The highest BCUT2D eigenvalue weighted by atomic mass is 32.2. The first-order valence-electron chi connectivity index (χ1n) is 7.52. The maximum atomic E-state index is 12.3. The van der Waals surface area contributed by atoms with Crippen LogP contribution in [-0.2, 0) is 21.4 Å². The maximum absolute atomic E-state index is 12.3. The fraction of sp³-hybridized carbons (Fsp3) is 0.353. The van der Waals surface area contributed by atoms with Gasteiger partial charge in [-0.25, -0.2) is 8.42 Å². The van der Waals surface area contributed by atoms with Crippen LogP contribution in [-0.4, -0.2) is 31.4 Å². The van der Waals surface area contributed by atoms with E-state index in [1.807, 2.05) is 32.9 Å². The molecule has 0 saturated heterocycles. The summed E-state index contributed by atoms with van der Waals surface area (Å²) >= 11 is 0. The number of hydrogen-bond acceptors (Lipinski definition) is 4. The van der Waals surface area contributed by atoms with Crippen molar-refractivity contribution in [3.8, 4) is 0 Å². The molecule has 7 heteroatoms. The van der Waals surface area contributed by atoms with Gasteiger partial charge in [0.1, 0.15) is 5.76 Å². The minimum Gasteiger partial charge on any atom is -0.468 e. The van der Waals surface area contributed by atoms with Gasteiger partial charge in [0, 0.05) is 5.69 Å². The van der Waals surface area contributed by atoms with Crippen LogP contribution in [0.5, 0.6) is 0 Å². The molecule has 1 amide bonds. The summed E-state index contributed by atoms with van der Waals surface area (Å²) < 4.78 is 30.1. The molecule has 24 heavy (non-hydrogen) atoms. The third-order valence-corrected chi connectivity index (χ3v) is 4.84. The SMILES string of the molecule is Cc1cc(C)c(NC(=O)CN(Cc2ccco2)S(C)(=O)=O)c(C)c1. The molecular weight excluding hydrogens is 328 g/mol. The molecule has 130 valence electrons. The first-order chi connectivity index (χ1) is 11.2. The number of carbonyl (C=O) groups is 1. The standard InChI is InChI=1S/C17H22N2O4S/c1-12-8-13(2)17(14(3)9-12)18-16(20)11-19(24(4,21)22)10-15-6-5-7-23-15/h5-9H,10-11H2,1-4H3,(H,18,20). The summed E-state index contributed by atoms with van der Waals surface area (Å²) in [5, 5.41) is 2.81. The van der Waals surface area contributed by atoms with E-state index in [0.29, 0.717) is 5.76 Å². The average Bonchev–Trinajstić information content (AvgIpc) is 2.94. The number of carbonyl (C=O) groups excluding carboxylic acids is 1. The third-order valence-electron chi connectivity index (χ3n) is 3.64. The van der Waals surface area contributed by atoms with Crippen molar-refractivity contribution in [2.24, 2.45) is 0 Å². The van der Waals surface area contributed by atoms with Crippen LogP contribution in [0.4, 0.5) is 5.69 Å². The summed E-state index contributed by atoms with van der Waals surface area (Å²) in [5.41, 5.74) is 3.71. The number of amides is 1. The molecule has 0 unspecified atom stereocenters. The smallest absolute Gasteiger partial charge is 0.239 e. The van der Waals surface area contributed by atoms with Crippen molar-refractivity contribution in [2.75, 3.05) is 18.1 Å². The Morgan fingerprint density at radius 3 is 2.33 bits per heavy atom. The van der Waals surface area contributed by atoms with Gasteiger partial charge in [-0.1, -0.05) is 17.7 Å². The van der Waals surface area contributed by atoms with Crippen LogP contribution in [0, 0.1) is 20.8 Å². The van der Waals surface area contributed by atoms with Crippen LogP contribution in [0.2, 0.25) is 0 Å². The highest BCUT2D eigenvalue weighted by Gasteiger charge is 2.22. The molecule has 0 aliphatic carbocycles. The van der Waals surface area contributed by atoms with Crippen LogP contribution in [0.3, 0.4) is 0 Å². The molecule has 0 aliphatic heterocycles. The quantitative estimate of drug-likeness (QED) is 0.868. The Morgan fingerprint density at radius 2 is 1.83 bits per heavy atom. The molecule has 1 aromatic carbocycles. The average molecular weight is 350 g/mol. The molecule has 0 radical (unpaired) electrons. The molecule has 1 N–H and O–H groups in total. The lowest BCUT2D eigenvalue weighted by atomic mass is 10.1. The lowest BCUT2D eigenvalue weighted by Gasteiger charge is -2.19. The van der Waals surface area contributed by atoms with Crippen molar-refractivity contribution < 1.29 is 17.6 Å². The molecular formula is C17H22N2O4S. The van der Waals surface area contributed by atoms with E-state index in [2.05, 4.69) is 5.32 Å². The van der Waals surface area contributed by atoms with Gasteiger partial charge in [0.15, 0.2) is 0 Å². The number of furan rings is 1. The van der Waals surface area contributed by atoms with E-state index in [1.54, 1.807) is 12.1 Å². The summed E-state index contributed by atoms with van der Waals surface area (Å²) in [7, 11) is -3.54. The number of rotatable bonds is 6. The maximum Gasteiger partial charge on any atom is 0.239 e. The number of aryl methyl sites for hydroxylation is 3. The Labute approximate surface area is 142 Å². The highest BCUT2D eigenvalue weighted by Crippen LogP contribution is 2.22. The van der Waals surface area contributed by atoms with Gasteiger partial charge >= 0.3 is 0 Å². The number of sulfonamides is 1. The largest absolute Gasteiger partial charge is 0.468 e. The van der Waals surface area contributed by atoms with Crippen molar-refractivity contribution in [3.05, 3.63) is 53.0 Å². The first-order valence-corrected chi connectivity index (χ1v) is 9.37. The molecule has 2 rings (SSSR count). The van der Waals surface area contributed by atoms with Gasteiger partial charge < -0.3 is 9.73 Å². The van der Waals surface area contributed by atoms with Crippen LogP contribution in [0.25, 0.3) is 0 Å². The monoisotopic (exact) mass is 350 g/mol. The van der Waals surface area contributed by atoms with E-state index in [-0.39, 0.29) is 19.0 Å². The van der Waals surface area contributed by atoms with Gasteiger partial charge in [-0.15, -0.1) is 0 Å². The Morgan fingerprint density at radius 1 is 1.21 bits per heavy atom. The highest BCUT2D eigenvalue weighted by molar-refractivity contribution is 7.88. The number of hydrogen-bond donors (Lipinski definition) is 1. The topological polar surface area (TPSA) is 79.6 Å². The Bertz CT molecular complexity index is 803. The molecule has 0 saturated carbocycles. The summed E-state index contributed by atoms with van der Waals surface area (Å²) in [6.07, 6.45) is 2.54. The van der Waals surface area contributed by atoms with E-state index in [9.17, 15) is 13.2 Å². The summed E-state index contributed by atoms with van der Waals surface area (Å²) in [5.74, 6) is 0.0953. The minimum absolute atomic E-state index is 0.0190. The van der Waals surface area contributed by atoms with Crippen molar-refractivity contribution >= 4 is 21.6 Å². The first kappa shape index (κ1) is 18.2. The van der Waals surface area contributed by atoms with Gasteiger partial charge in [0.05, 0.1) is 25.6 Å². The third kappa shape index (κ3) is 4.69. The number of benzene rings is 1. The molecule has 6 nitrogen and oxygen atoms in total. The molecule has 0 aliphatic rings. The normalized spacial score (nSPS) is 11.7. The van der Waals surface area contributed by atoms with Crippen molar-refractivity contribution in [1.29, 1.82) is 0 Å². The fourth-order valence-electron chi connectivity index (χ4n) is 2.58. The van der Waals surface area contributed by atoms with Gasteiger partial charge in [-0.2, -0.15) is 4.31 Å². The second-order valence-corrected chi connectivity index (χ2v) is 7.91. The van der Waals surface area contributed by atoms with Crippen LogP contribution in [0.15, 0.2) is 34.9 Å². The zero-order chi connectivity index (χ0) is 17.9. The van der Waals surface area contributed by atoms with E-state index in [0.717, 1.165) is 32.9 Å². The van der Waals surface area contributed by atoms with Crippen LogP contribution < -0.4 is 5.32 Å². The van der Waals surface area contributed by atoms with Crippen molar-refractivity contribution in [1.82, 2.24) is 4.31 Å². The Hall–Kier alpha value is -2.12. The lowest BCUT2D eigenvalue weighted by molar-refractivity contribution is -0.116. The molecule has 2 aromatic rings. The van der Waals surface area contributed by atoms with Gasteiger partial charge in [0.2, 0.25) is 15.9 Å². The lowest BCUT2D eigenvalue weighted by Crippen LogP contribution is -2.37. The number of nitrogens with zero attached hydrogens (tertiary/aromatic N) is 1. The molecule has 1 aromatic heterocycles. The Balaban J connectivity index is 2.14. The van der Waals surface area contributed by atoms with E-state index in [4.69, 9.17) is 4.42 Å². The second-order valence-electron chi connectivity index (χ2n) is 5.93. The summed E-state index contributed by atoms with van der Waals surface area (Å²) in [4.78, 5) is 12.3. The van der Waals surface area contributed by atoms with E-state index in [1.165, 1.54) is 6.26 Å². The molecule has 0 fully saturated rings. The van der Waals surface area contributed by atoms with Gasteiger partial charge in [0.25, 0.3) is 0 Å². The molecule has 0 bridgehead atoms.